The van der Waals surface area contributed by atoms with Gasteiger partial charge in [0.05, 0.1) is 11.5 Å². The molecule has 1 aromatic carbocycles. The summed E-state index contributed by atoms with van der Waals surface area (Å²) in [5.41, 5.74) is -2.20. The summed E-state index contributed by atoms with van der Waals surface area (Å²) in [5.74, 6) is -1.65. The first-order valence-electron chi connectivity index (χ1n) is 7.43. The van der Waals surface area contributed by atoms with E-state index in [4.69, 9.17) is 4.74 Å². The molecule has 0 fully saturated rings. The van der Waals surface area contributed by atoms with Gasteiger partial charge in [-0.3, -0.25) is 14.7 Å². The molecule has 0 bridgehead atoms. The van der Waals surface area contributed by atoms with Gasteiger partial charge in [0, 0.05) is 6.07 Å². The third-order valence-corrected chi connectivity index (χ3v) is 3.87. The zero-order chi connectivity index (χ0) is 21.0. The minimum absolute atomic E-state index is 0.112. The second-order valence-electron chi connectivity index (χ2n) is 6.29. The molecule has 0 saturated heterocycles. The summed E-state index contributed by atoms with van der Waals surface area (Å²) in [6, 6.07) is 2.65. The Bertz CT molecular complexity index is 832. The number of nitro groups is 1. The number of hydrogen-bond donors (Lipinski definition) is 3. The number of aliphatic carboxylic acids is 1. The van der Waals surface area contributed by atoms with E-state index in [9.17, 15) is 37.8 Å². The maximum atomic E-state index is 11.8. The Morgan fingerprint density at radius 2 is 1.89 bits per heavy atom. The third-order valence-electron chi connectivity index (χ3n) is 2.96. The van der Waals surface area contributed by atoms with Gasteiger partial charge < -0.3 is 15.2 Å². The van der Waals surface area contributed by atoms with E-state index < -0.39 is 56.9 Å². The van der Waals surface area contributed by atoms with Crippen molar-refractivity contribution in [2.45, 2.75) is 32.4 Å². The second kappa shape index (κ2) is 8.18. The Morgan fingerprint density at radius 3 is 2.33 bits per heavy atom. The van der Waals surface area contributed by atoms with Crippen LogP contribution in [-0.4, -0.2) is 53.3 Å². The van der Waals surface area contributed by atoms with Crippen molar-refractivity contribution in [3.05, 3.63) is 34.4 Å². The van der Waals surface area contributed by atoms with Crippen molar-refractivity contribution in [3.63, 3.8) is 0 Å². The fourth-order valence-electron chi connectivity index (χ4n) is 1.95. The summed E-state index contributed by atoms with van der Waals surface area (Å²) in [7, 11) is -5.10. The summed E-state index contributed by atoms with van der Waals surface area (Å²) >= 11 is 0. The molecule has 13 heteroatoms. The predicted molar refractivity (Wildman–Crippen MR) is 92.8 cm³/mol. The number of anilines is 1. The summed E-state index contributed by atoms with van der Waals surface area (Å²) in [6.45, 7) is 3.57. The number of carbonyl (C=O) groups excluding carboxylic acids is 1. The van der Waals surface area contributed by atoms with Crippen LogP contribution in [0.5, 0.6) is 0 Å². The van der Waals surface area contributed by atoms with Gasteiger partial charge in [0.1, 0.15) is 17.3 Å². The van der Waals surface area contributed by atoms with Gasteiger partial charge in [0.2, 0.25) is 0 Å². The smallest absolute Gasteiger partial charge is 0.408 e. The number of nitrogens with one attached hydrogen (secondary N) is 1. The third kappa shape index (κ3) is 6.71. The minimum atomic E-state index is -5.10. The van der Waals surface area contributed by atoms with Crippen LogP contribution in [0, 0.1) is 10.1 Å². The molecule has 0 aromatic heterocycles. The quantitative estimate of drug-likeness (QED) is 0.341. The van der Waals surface area contributed by atoms with E-state index in [1.165, 1.54) is 32.9 Å². The number of para-hydroxylation sites is 2. The van der Waals surface area contributed by atoms with Crippen molar-refractivity contribution >= 4 is 33.7 Å². The zero-order valence-electron chi connectivity index (χ0n) is 14.6. The highest BCUT2D eigenvalue weighted by Gasteiger charge is 2.33. The highest BCUT2D eigenvalue weighted by Crippen LogP contribution is 2.29. The Kier molecular flexibility index (Phi) is 6.70. The molecule has 0 aliphatic rings. The van der Waals surface area contributed by atoms with Crippen molar-refractivity contribution in [2.75, 3.05) is 10.8 Å². The molecule has 0 spiro atoms. The fraction of sp³-hybridized carbons (Fsp3) is 0.429. The molecule has 1 aromatic rings. The molecule has 0 aliphatic carbocycles. The highest BCUT2D eigenvalue weighted by atomic mass is 32.2. The average Bonchev–Trinajstić information content (AvgIpc) is 2.48. The second-order valence-corrected chi connectivity index (χ2v) is 7.63. The van der Waals surface area contributed by atoms with Gasteiger partial charge in [-0.2, -0.15) is 8.42 Å². The molecule has 1 amide bonds. The summed E-state index contributed by atoms with van der Waals surface area (Å²) in [5, 5.41) is 22.3. The molecule has 1 atom stereocenters. The average molecular weight is 405 g/mol. The number of amides is 1. The number of alkyl carbamates (subject to hydrolysis) is 1. The first-order chi connectivity index (χ1) is 12.2. The van der Waals surface area contributed by atoms with Gasteiger partial charge in [-0.1, -0.05) is 12.1 Å². The van der Waals surface area contributed by atoms with E-state index in [0.717, 1.165) is 12.1 Å². The number of carboxylic acids is 1. The van der Waals surface area contributed by atoms with Gasteiger partial charge in [-0.05, 0) is 26.8 Å². The predicted octanol–water partition coefficient (Wildman–Crippen LogP) is 1.18. The summed E-state index contributed by atoms with van der Waals surface area (Å²) in [4.78, 5) is 33.4. The molecule has 0 radical (unpaired) electrons. The van der Waals surface area contributed by atoms with Crippen molar-refractivity contribution in [2.24, 2.45) is 0 Å². The van der Waals surface area contributed by atoms with E-state index in [1.807, 2.05) is 5.32 Å². The molecule has 0 saturated carbocycles. The van der Waals surface area contributed by atoms with Crippen LogP contribution in [0.3, 0.4) is 0 Å². The molecule has 12 nitrogen and oxygen atoms in total. The van der Waals surface area contributed by atoms with Crippen LogP contribution in [0.4, 0.5) is 16.2 Å². The Hall–Kier alpha value is -2.93. The summed E-state index contributed by atoms with van der Waals surface area (Å²) in [6.07, 6.45) is -1.15. The number of carbonyl (C=O) groups is 2. The maximum absolute atomic E-state index is 11.8. The van der Waals surface area contributed by atoms with E-state index in [0.29, 0.717) is 0 Å². The van der Waals surface area contributed by atoms with Crippen LogP contribution >= 0.6 is 0 Å². The van der Waals surface area contributed by atoms with Crippen LogP contribution in [0.15, 0.2) is 24.3 Å². The number of ether oxygens (including phenoxy) is 1. The number of nitrogens with zero attached hydrogens (tertiary/aromatic N) is 2. The topological polar surface area (TPSA) is 176 Å². The first-order valence-corrected chi connectivity index (χ1v) is 8.83. The number of nitro benzene ring substituents is 1. The van der Waals surface area contributed by atoms with E-state index in [-0.39, 0.29) is 4.31 Å². The van der Waals surface area contributed by atoms with Crippen LogP contribution in [-0.2, 0) is 19.8 Å². The molecular formula is C14H19N3O9S. The maximum Gasteiger partial charge on any atom is 0.408 e. The van der Waals surface area contributed by atoms with Crippen molar-refractivity contribution in [3.8, 4) is 0 Å². The zero-order valence-corrected chi connectivity index (χ0v) is 15.5. The van der Waals surface area contributed by atoms with Gasteiger partial charge in [0.15, 0.2) is 0 Å². The van der Waals surface area contributed by atoms with E-state index in [2.05, 4.69) is 0 Å². The molecule has 0 aliphatic heterocycles. The largest absolute Gasteiger partial charge is 0.480 e. The van der Waals surface area contributed by atoms with Gasteiger partial charge in [-0.15, -0.1) is 0 Å². The lowest BCUT2D eigenvalue weighted by atomic mass is 10.2. The van der Waals surface area contributed by atoms with Crippen LogP contribution in [0.2, 0.25) is 0 Å². The summed E-state index contributed by atoms with van der Waals surface area (Å²) < 4.78 is 37.8. The fourth-order valence-corrected chi connectivity index (χ4v) is 2.69. The molecular weight excluding hydrogens is 386 g/mol. The molecule has 1 rings (SSSR count). The van der Waals surface area contributed by atoms with Gasteiger partial charge in [-0.25, -0.2) is 13.9 Å². The molecule has 27 heavy (non-hydrogen) atoms. The number of hydrogen-bond acceptors (Lipinski definition) is 7. The molecule has 0 heterocycles. The van der Waals surface area contributed by atoms with Gasteiger partial charge in [0.25, 0.3) is 5.69 Å². The molecule has 150 valence electrons. The lowest BCUT2D eigenvalue weighted by Crippen LogP contribution is -2.51. The minimum Gasteiger partial charge on any atom is -0.480 e. The van der Waals surface area contributed by atoms with E-state index in [1.54, 1.807) is 0 Å². The van der Waals surface area contributed by atoms with Crippen molar-refractivity contribution in [1.29, 1.82) is 0 Å². The van der Waals surface area contributed by atoms with Crippen LogP contribution < -0.4 is 9.62 Å². The van der Waals surface area contributed by atoms with Crippen molar-refractivity contribution in [1.82, 2.24) is 5.32 Å². The Labute approximate surface area is 154 Å². The highest BCUT2D eigenvalue weighted by molar-refractivity contribution is 7.87. The van der Waals surface area contributed by atoms with E-state index >= 15 is 0 Å². The van der Waals surface area contributed by atoms with Crippen LogP contribution in [0.1, 0.15) is 20.8 Å². The molecule has 1 unspecified atom stereocenters. The lowest BCUT2D eigenvalue weighted by molar-refractivity contribution is -0.384. The Morgan fingerprint density at radius 1 is 1.33 bits per heavy atom. The number of benzene rings is 1. The van der Waals surface area contributed by atoms with Crippen LogP contribution in [0.25, 0.3) is 0 Å². The lowest BCUT2D eigenvalue weighted by Gasteiger charge is -2.26. The monoisotopic (exact) mass is 405 g/mol. The Balaban J connectivity index is 3.23. The van der Waals surface area contributed by atoms with Gasteiger partial charge >= 0.3 is 22.4 Å². The number of carboxylic acid groups (broad SMARTS) is 1. The standard InChI is InChI=1S/C14H19N3O9S/c1-14(2,3)26-13(20)15-9(12(18)19)8-16(27(23,24)25)10-6-4-5-7-11(10)17(21)22/h4-7,9H,8H2,1-3H3,(H,15,20)(H,18,19)(H,23,24,25). The molecule has 3 N–H and O–H groups in total. The number of rotatable bonds is 7. The normalized spacial score (nSPS) is 12.7. The SMILES string of the molecule is CC(C)(C)OC(=O)NC(CN(c1ccccc1[N+](=O)[O-])S(=O)(=O)O)C(=O)O. The van der Waals surface area contributed by atoms with Crippen molar-refractivity contribution < 1.29 is 37.3 Å². The first kappa shape index (κ1) is 22.1.